The Bertz CT molecular complexity index is 521. The molecule has 3 rings (SSSR count). The van der Waals surface area contributed by atoms with Gasteiger partial charge in [-0.25, -0.2) is 0 Å². The van der Waals surface area contributed by atoms with Gasteiger partial charge in [-0.2, -0.15) is 0 Å². The van der Waals surface area contributed by atoms with Gasteiger partial charge in [0.1, 0.15) is 13.5 Å². The maximum absolute atomic E-state index is 5.83. The highest BCUT2D eigenvalue weighted by molar-refractivity contribution is 5.19. The summed E-state index contributed by atoms with van der Waals surface area (Å²) in [6.45, 7) is 6.79. The van der Waals surface area contributed by atoms with E-state index in [4.69, 9.17) is 4.74 Å². The molecule has 1 fully saturated rings. The molecule has 0 aliphatic carbocycles. The molecule has 22 heavy (non-hydrogen) atoms. The Kier molecular flexibility index (Phi) is 4.88. The first-order valence-electron chi connectivity index (χ1n) is 7.91. The van der Waals surface area contributed by atoms with Crippen molar-refractivity contribution in [2.45, 2.75) is 25.9 Å². The zero-order valence-corrected chi connectivity index (χ0v) is 13.4. The number of rotatable bonds is 4. The Morgan fingerprint density at radius 3 is 1.55 bits per heavy atom. The fourth-order valence-corrected chi connectivity index (χ4v) is 2.94. The van der Waals surface area contributed by atoms with Crippen LogP contribution in [0.2, 0.25) is 0 Å². The van der Waals surface area contributed by atoms with Gasteiger partial charge < -0.3 is 4.74 Å². The van der Waals surface area contributed by atoms with E-state index in [0.29, 0.717) is 25.5 Å². The minimum atomic E-state index is 0.354. The summed E-state index contributed by atoms with van der Waals surface area (Å²) in [5.74, 6) is 0. The molecule has 0 bridgehead atoms. The zero-order chi connectivity index (χ0) is 15.4. The maximum Gasteiger partial charge on any atom is 0.102 e. The van der Waals surface area contributed by atoms with Gasteiger partial charge in [-0.15, -0.1) is 0 Å². The average molecular weight is 296 g/mol. The molecule has 0 aromatic heterocycles. The summed E-state index contributed by atoms with van der Waals surface area (Å²) in [4.78, 5) is 4.75. The van der Waals surface area contributed by atoms with E-state index in [1.54, 1.807) is 0 Å². The van der Waals surface area contributed by atoms with E-state index in [1.807, 2.05) is 0 Å². The van der Waals surface area contributed by atoms with Crippen LogP contribution >= 0.6 is 0 Å². The molecule has 0 radical (unpaired) electrons. The monoisotopic (exact) mass is 296 g/mol. The predicted molar refractivity (Wildman–Crippen MR) is 89.1 cm³/mol. The molecule has 3 nitrogen and oxygen atoms in total. The maximum atomic E-state index is 5.83. The smallest absolute Gasteiger partial charge is 0.102 e. The molecule has 2 aromatic carbocycles. The molecular weight excluding hydrogens is 272 g/mol. The Morgan fingerprint density at radius 1 is 0.727 bits per heavy atom. The molecule has 1 saturated heterocycles. The number of hydrogen-bond acceptors (Lipinski definition) is 3. The highest BCUT2D eigenvalue weighted by Crippen LogP contribution is 2.27. The minimum Gasteiger partial charge on any atom is -0.351 e. The SMILES string of the molecule is CC(c1ccccc1)N1COCN(C(C)c2ccccc2)C1. The van der Waals surface area contributed by atoms with Gasteiger partial charge >= 0.3 is 0 Å². The van der Waals surface area contributed by atoms with E-state index in [-0.39, 0.29) is 0 Å². The third-order valence-corrected chi connectivity index (χ3v) is 4.54. The van der Waals surface area contributed by atoms with Crippen LogP contribution in [0, 0.1) is 0 Å². The van der Waals surface area contributed by atoms with E-state index >= 15 is 0 Å². The van der Waals surface area contributed by atoms with Crippen LogP contribution < -0.4 is 0 Å². The van der Waals surface area contributed by atoms with Gasteiger partial charge in [0, 0.05) is 12.1 Å². The number of benzene rings is 2. The van der Waals surface area contributed by atoms with Gasteiger partial charge in [0.25, 0.3) is 0 Å². The van der Waals surface area contributed by atoms with Crippen LogP contribution in [0.15, 0.2) is 60.7 Å². The Labute approximate surface area is 133 Å². The molecule has 1 aliphatic rings. The summed E-state index contributed by atoms with van der Waals surface area (Å²) in [5, 5.41) is 0. The van der Waals surface area contributed by atoms with E-state index in [9.17, 15) is 0 Å². The van der Waals surface area contributed by atoms with E-state index in [1.165, 1.54) is 11.1 Å². The molecule has 3 heteroatoms. The largest absolute Gasteiger partial charge is 0.351 e. The molecule has 2 atom stereocenters. The topological polar surface area (TPSA) is 15.7 Å². The lowest BCUT2D eigenvalue weighted by Crippen LogP contribution is -2.47. The lowest BCUT2D eigenvalue weighted by atomic mass is 10.1. The molecule has 0 amide bonds. The summed E-state index contributed by atoms with van der Waals surface area (Å²) in [7, 11) is 0. The Balaban J connectivity index is 1.69. The standard InChI is InChI=1S/C19H24N2O/c1-16(18-9-5-3-6-10-18)20-13-21(15-22-14-20)17(2)19-11-7-4-8-12-19/h3-12,16-17H,13-15H2,1-2H3. The molecule has 2 unspecified atom stereocenters. The first-order valence-corrected chi connectivity index (χ1v) is 7.91. The second kappa shape index (κ2) is 7.05. The van der Waals surface area contributed by atoms with Gasteiger partial charge in [0.05, 0.1) is 6.67 Å². The molecule has 2 aromatic rings. The van der Waals surface area contributed by atoms with Crippen molar-refractivity contribution in [3.63, 3.8) is 0 Å². The predicted octanol–water partition coefficient (Wildman–Crippen LogP) is 4.02. The van der Waals surface area contributed by atoms with Crippen molar-refractivity contribution in [1.29, 1.82) is 0 Å². The fraction of sp³-hybridized carbons (Fsp3) is 0.368. The quantitative estimate of drug-likeness (QED) is 0.847. The first-order chi connectivity index (χ1) is 10.8. The third kappa shape index (κ3) is 3.38. The van der Waals surface area contributed by atoms with Crippen molar-refractivity contribution in [3.8, 4) is 0 Å². The summed E-state index contributed by atoms with van der Waals surface area (Å²) < 4.78 is 5.83. The molecular formula is C19H24N2O. The second-order valence-corrected chi connectivity index (χ2v) is 5.95. The van der Waals surface area contributed by atoms with Gasteiger partial charge in [0.15, 0.2) is 0 Å². The van der Waals surface area contributed by atoms with Crippen LogP contribution in [0.3, 0.4) is 0 Å². The fourth-order valence-electron chi connectivity index (χ4n) is 2.94. The molecule has 0 spiro atoms. The average Bonchev–Trinajstić information content (AvgIpc) is 2.62. The van der Waals surface area contributed by atoms with Crippen LogP contribution in [0.25, 0.3) is 0 Å². The molecule has 116 valence electrons. The lowest BCUT2D eigenvalue weighted by Gasteiger charge is -2.41. The van der Waals surface area contributed by atoms with Crippen molar-refractivity contribution in [2.75, 3.05) is 20.1 Å². The number of hydrogen-bond donors (Lipinski definition) is 0. The summed E-state index contributed by atoms with van der Waals surface area (Å²) >= 11 is 0. The zero-order valence-electron chi connectivity index (χ0n) is 13.4. The van der Waals surface area contributed by atoms with Crippen LogP contribution in [0.1, 0.15) is 37.1 Å². The summed E-state index contributed by atoms with van der Waals surface area (Å²) in [6.07, 6.45) is 0. The minimum absolute atomic E-state index is 0.354. The van der Waals surface area contributed by atoms with Crippen molar-refractivity contribution in [3.05, 3.63) is 71.8 Å². The molecule has 0 N–H and O–H groups in total. The first kappa shape index (κ1) is 15.2. The van der Waals surface area contributed by atoms with Gasteiger partial charge in [-0.3, -0.25) is 9.80 Å². The van der Waals surface area contributed by atoms with Gasteiger partial charge in [-0.1, -0.05) is 60.7 Å². The van der Waals surface area contributed by atoms with Crippen LogP contribution in [-0.4, -0.2) is 29.9 Å². The van der Waals surface area contributed by atoms with E-state index in [0.717, 1.165) is 6.67 Å². The molecule has 0 saturated carbocycles. The van der Waals surface area contributed by atoms with Crippen molar-refractivity contribution < 1.29 is 4.74 Å². The van der Waals surface area contributed by atoms with Crippen molar-refractivity contribution >= 4 is 0 Å². The van der Waals surface area contributed by atoms with Gasteiger partial charge in [0.2, 0.25) is 0 Å². The Hall–Kier alpha value is -1.68. The number of ether oxygens (including phenoxy) is 1. The highest BCUT2D eigenvalue weighted by atomic mass is 16.5. The lowest BCUT2D eigenvalue weighted by molar-refractivity contribution is -0.138. The van der Waals surface area contributed by atoms with Crippen LogP contribution in [0.5, 0.6) is 0 Å². The summed E-state index contributed by atoms with van der Waals surface area (Å²) in [5.41, 5.74) is 2.67. The molecule has 1 aliphatic heterocycles. The molecule has 1 heterocycles. The van der Waals surface area contributed by atoms with Crippen LogP contribution in [0.4, 0.5) is 0 Å². The Morgan fingerprint density at radius 2 is 1.14 bits per heavy atom. The highest BCUT2D eigenvalue weighted by Gasteiger charge is 2.26. The van der Waals surface area contributed by atoms with Crippen LogP contribution in [-0.2, 0) is 4.74 Å². The van der Waals surface area contributed by atoms with Crippen molar-refractivity contribution in [2.24, 2.45) is 0 Å². The summed E-state index contributed by atoms with van der Waals surface area (Å²) in [6, 6.07) is 22.0. The van der Waals surface area contributed by atoms with Gasteiger partial charge in [-0.05, 0) is 25.0 Å². The third-order valence-electron chi connectivity index (χ3n) is 4.54. The normalized spacial score (nSPS) is 19.7. The number of nitrogens with zero attached hydrogens (tertiary/aromatic N) is 2. The second-order valence-electron chi connectivity index (χ2n) is 5.95. The van der Waals surface area contributed by atoms with E-state index in [2.05, 4.69) is 84.3 Å². The van der Waals surface area contributed by atoms with E-state index < -0.39 is 0 Å². The van der Waals surface area contributed by atoms with Crippen molar-refractivity contribution in [1.82, 2.24) is 9.80 Å².